The molecule has 0 saturated carbocycles. The fourth-order valence-electron chi connectivity index (χ4n) is 2.90. The molecular formula is C19H25BrCl2N2O2. The maximum absolute atomic E-state index is 10.2. The van der Waals surface area contributed by atoms with E-state index in [4.69, 9.17) is 4.74 Å². The number of ether oxygens (including phenoxy) is 1. The van der Waals surface area contributed by atoms with Crippen LogP contribution in [-0.2, 0) is 0 Å². The zero-order valence-corrected chi connectivity index (χ0v) is 17.7. The smallest absolute Gasteiger partial charge is 0.119 e. The SMILES string of the molecule is Cl.Cl.OC(COc1ccc(Br)cc1)CN1CCN(c2ccccc2)CC1. The Balaban J connectivity index is 0.00000169. The number of benzene rings is 2. The zero-order valence-electron chi connectivity index (χ0n) is 14.5. The molecule has 2 aromatic carbocycles. The van der Waals surface area contributed by atoms with Gasteiger partial charge in [0.2, 0.25) is 0 Å². The van der Waals surface area contributed by atoms with Crippen LogP contribution in [0.1, 0.15) is 0 Å². The first-order chi connectivity index (χ1) is 11.7. The number of anilines is 1. The summed E-state index contributed by atoms with van der Waals surface area (Å²) in [6.45, 7) is 4.88. The molecule has 4 nitrogen and oxygen atoms in total. The van der Waals surface area contributed by atoms with E-state index in [1.807, 2.05) is 30.3 Å². The minimum absolute atomic E-state index is 0. The van der Waals surface area contributed by atoms with Crippen molar-refractivity contribution in [1.82, 2.24) is 4.90 Å². The maximum atomic E-state index is 10.2. The topological polar surface area (TPSA) is 35.9 Å². The molecule has 3 rings (SSSR count). The molecule has 1 saturated heterocycles. The van der Waals surface area contributed by atoms with Crippen LogP contribution in [-0.4, -0.2) is 55.4 Å². The molecule has 1 heterocycles. The van der Waals surface area contributed by atoms with E-state index < -0.39 is 6.10 Å². The van der Waals surface area contributed by atoms with Gasteiger partial charge in [0.05, 0.1) is 0 Å². The van der Waals surface area contributed by atoms with Crippen LogP contribution >= 0.6 is 40.7 Å². The molecule has 1 N–H and O–H groups in total. The molecule has 1 aliphatic rings. The highest BCUT2D eigenvalue weighted by molar-refractivity contribution is 9.10. The summed E-state index contributed by atoms with van der Waals surface area (Å²) in [6.07, 6.45) is -0.475. The Morgan fingerprint density at radius 3 is 2.15 bits per heavy atom. The lowest BCUT2D eigenvalue weighted by Crippen LogP contribution is -2.49. The molecule has 0 amide bonds. The largest absolute Gasteiger partial charge is 0.491 e. The van der Waals surface area contributed by atoms with E-state index in [-0.39, 0.29) is 24.8 Å². The van der Waals surface area contributed by atoms with Gasteiger partial charge in [-0.2, -0.15) is 0 Å². The highest BCUT2D eigenvalue weighted by Gasteiger charge is 2.19. The van der Waals surface area contributed by atoms with Crippen molar-refractivity contribution in [1.29, 1.82) is 0 Å². The van der Waals surface area contributed by atoms with E-state index in [1.165, 1.54) is 5.69 Å². The molecule has 0 spiro atoms. The number of piperazine rings is 1. The molecule has 0 aromatic heterocycles. The molecule has 1 unspecified atom stereocenters. The van der Waals surface area contributed by atoms with Gasteiger partial charge in [0.25, 0.3) is 0 Å². The molecular weight excluding hydrogens is 439 g/mol. The van der Waals surface area contributed by atoms with Gasteiger partial charge in [-0.15, -0.1) is 24.8 Å². The van der Waals surface area contributed by atoms with Crippen LogP contribution < -0.4 is 9.64 Å². The average molecular weight is 464 g/mol. The summed E-state index contributed by atoms with van der Waals surface area (Å²) >= 11 is 3.40. The number of rotatable bonds is 6. The quantitative estimate of drug-likeness (QED) is 0.705. The van der Waals surface area contributed by atoms with Crippen LogP contribution in [0.5, 0.6) is 5.75 Å². The van der Waals surface area contributed by atoms with Crippen molar-refractivity contribution in [3.8, 4) is 5.75 Å². The van der Waals surface area contributed by atoms with Crippen LogP contribution in [0.25, 0.3) is 0 Å². The molecule has 7 heteroatoms. The van der Waals surface area contributed by atoms with Gasteiger partial charge < -0.3 is 14.7 Å². The van der Waals surface area contributed by atoms with Crippen LogP contribution in [0.2, 0.25) is 0 Å². The van der Waals surface area contributed by atoms with Gasteiger partial charge in [0.1, 0.15) is 18.5 Å². The number of halogens is 3. The van der Waals surface area contributed by atoms with Gasteiger partial charge in [0, 0.05) is 42.9 Å². The van der Waals surface area contributed by atoms with E-state index in [2.05, 4.69) is 50.0 Å². The Hall–Kier alpha value is -0.980. The first-order valence-corrected chi connectivity index (χ1v) is 9.09. The lowest BCUT2D eigenvalue weighted by molar-refractivity contribution is 0.0663. The number of nitrogens with zero attached hydrogens (tertiary/aromatic N) is 2. The van der Waals surface area contributed by atoms with Gasteiger partial charge in [-0.1, -0.05) is 34.1 Å². The zero-order chi connectivity index (χ0) is 16.8. The second-order valence-corrected chi connectivity index (χ2v) is 6.96. The Morgan fingerprint density at radius 1 is 0.923 bits per heavy atom. The monoisotopic (exact) mass is 462 g/mol. The third kappa shape index (κ3) is 6.97. The summed E-state index contributed by atoms with van der Waals surface area (Å²) in [7, 11) is 0. The minimum atomic E-state index is -0.475. The Bertz CT molecular complexity index is 623. The first-order valence-electron chi connectivity index (χ1n) is 8.29. The second kappa shape index (κ2) is 11.7. The van der Waals surface area contributed by atoms with E-state index in [0.717, 1.165) is 36.4 Å². The van der Waals surface area contributed by atoms with Crippen molar-refractivity contribution in [2.24, 2.45) is 0 Å². The molecule has 144 valence electrons. The van der Waals surface area contributed by atoms with Gasteiger partial charge in [-0.3, -0.25) is 4.90 Å². The third-order valence-electron chi connectivity index (χ3n) is 4.22. The average Bonchev–Trinajstić information content (AvgIpc) is 2.63. The van der Waals surface area contributed by atoms with Gasteiger partial charge in [0.15, 0.2) is 0 Å². The molecule has 0 radical (unpaired) electrons. The summed E-state index contributed by atoms with van der Waals surface area (Å²) in [6, 6.07) is 18.2. The normalized spacial score (nSPS) is 15.5. The van der Waals surface area contributed by atoms with Crippen molar-refractivity contribution in [2.75, 3.05) is 44.2 Å². The van der Waals surface area contributed by atoms with Gasteiger partial charge in [-0.05, 0) is 36.4 Å². The van der Waals surface area contributed by atoms with Crippen LogP contribution in [0.15, 0.2) is 59.1 Å². The maximum Gasteiger partial charge on any atom is 0.119 e. The molecule has 0 aliphatic carbocycles. The predicted octanol–water partition coefficient (Wildman–Crippen LogP) is 3.85. The number of para-hydroxylation sites is 1. The lowest BCUT2D eigenvalue weighted by Gasteiger charge is -2.36. The summed E-state index contributed by atoms with van der Waals surface area (Å²) in [4.78, 5) is 4.69. The Morgan fingerprint density at radius 2 is 1.54 bits per heavy atom. The standard InChI is InChI=1S/C19H23BrN2O2.2ClH/c20-16-6-8-19(9-7-16)24-15-18(23)14-21-10-12-22(13-11-21)17-4-2-1-3-5-17;;/h1-9,18,23H,10-15H2;2*1H. The number of hydrogen-bond acceptors (Lipinski definition) is 4. The minimum Gasteiger partial charge on any atom is -0.491 e. The fraction of sp³-hybridized carbons (Fsp3) is 0.368. The molecule has 1 atom stereocenters. The van der Waals surface area contributed by atoms with Crippen molar-refractivity contribution < 1.29 is 9.84 Å². The molecule has 2 aromatic rings. The van der Waals surface area contributed by atoms with Crippen LogP contribution in [0.3, 0.4) is 0 Å². The molecule has 1 aliphatic heterocycles. The van der Waals surface area contributed by atoms with Gasteiger partial charge >= 0.3 is 0 Å². The highest BCUT2D eigenvalue weighted by atomic mass is 79.9. The van der Waals surface area contributed by atoms with E-state index in [1.54, 1.807) is 0 Å². The summed E-state index contributed by atoms with van der Waals surface area (Å²) in [5.74, 6) is 0.783. The Kier molecular flexibility index (Phi) is 10.4. The van der Waals surface area contributed by atoms with E-state index in [9.17, 15) is 5.11 Å². The lowest BCUT2D eigenvalue weighted by atomic mass is 10.2. The number of aliphatic hydroxyl groups excluding tert-OH is 1. The summed E-state index contributed by atoms with van der Waals surface area (Å²) in [5.41, 5.74) is 1.27. The third-order valence-corrected chi connectivity index (χ3v) is 4.75. The van der Waals surface area contributed by atoms with E-state index in [0.29, 0.717) is 13.2 Å². The van der Waals surface area contributed by atoms with Crippen LogP contribution in [0, 0.1) is 0 Å². The highest BCUT2D eigenvalue weighted by Crippen LogP contribution is 2.17. The van der Waals surface area contributed by atoms with Crippen LogP contribution in [0.4, 0.5) is 5.69 Å². The predicted molar refractivity (Wildman–Crippen MR) is 115 cm³/mol. The van der Waals surface area contributed by atoms with Crippen molar-refractivity contribution in [3.05, 3.63) is 59.1 Å². The van der Waals surface area contributed by atoms with Gasteiger partial charge in [-0.25, -0.2) is 0 Å². The van der Waals surface area contributed by atoms with E-state index >= 15 is 0 Å². The summed E-state index contributed by atoms with van der Waals surface area (Å²) < 4.78 is 6.67. The van der Waals surface area contributed by atoms with Crippen molar-refractivity contribution >= 4 is 46.4 Å². The second-order valence-electron chi connectivity index (χ2n) is 6.04. The fourth-order valence-corrected chi connectivity index (χ4v) is 3.17. The Labute approximate surface area is 176 Å². The molecule has 1 fully saturated rings. The number of aliphatic hydroxyl groups is 1. The van der Waals surface area contributed by atoms with Crippen molar-refractivity contribution in [2.45, 2.75) is 6.10 Å². The molecule has 0 bridgehead atoms. The number of hydrogen-bond donors (Lipinski definition) is 1. The first kappa shape index (κ1) is 23.1. The van der Waals surface area contributed by atoms with Crippen molar-refractivity contribution in [3.63, 3.8) is 0 Å². The summed E-state index contributed by atoms with van der Waals surface area (Å²) in [5, 5.41) is 10.2. The number of β-amino-alcohol motifs (C(OH)–C–C–N with tert-alkyl or cyclic N) is 1. The molecule has 26 heavy (non-hydrogen) atoms.